The standard InChI is InChI=1S/C19H21N3O4/c1-2-10-21-14-12-20-22(16-9-5-6-11-25-16)19(24)17(14)26-15-8-4-3-7-13(15)18(21)23/h3-4,7-8,12,16H,2,5-6,9-11H2,1H3. The van der Waals surface area contributed by atoms with E-state index >= 15 is 0 Å². The summed E-state index contributed by atoms with van der Waals surface area (Å²) in [6, 6.07) is 6.98. The third kappa shape index (κ3) is 2.78. The Balaban J connectivity index is 1.86. The molecule has 0 saturated carbocycles. The maximum atomic E-state index is 13.1. The number of anilines is 1. The summed E-state index contributed by atoms with van der Waals surface area (Å²) in [5.41, 5.74) is 0.474. The van der Waals surface area contributed by atoms with E-state index in [1.807, 2.05) is 6.92 Å². The van der Waals surface area contributed by atoms with Gasteiger partial charge in [0.05, 0.1) is 11.8 Å². The lowest BCUT2D eigenvalue weighted by Crippen LogP contribution is -2.35. The SMILES string of the molecule is CCCN1C(=O)c2ccccc2Oc2c1cnn(C1CCCCO1)c2=O. The Hall–Kier alpha value is -2.67. The summed E-state index contributed by atoms with van der Waals surface area (Å²) in [4.78, 5) is 27.6. The number of benzene rings is 1. The third-order valence-electron chi connectivity index (χ3n) is 4.68. The molecule has 1 atom stereocenters. The number of nitrogens with zero attached hydrogens (tertiary/aromatic N) is 3. The van der Waals surface area contributed by atoms with E-state index in [0.29, 0.717) is 30.2 Å². The van der Waals surface area contributed by atoms with Crippen molar-refractivity contribution in [1.82, 2.24) is 9.78 Å². The van der Waals surface area contributed by atoms with Gasteiger partial charge in [-0.2, -0.15) is 9.78 Å². The molecule has 3 heterocycles. The molecule has 1 aromatic carbocycles. The lowest BCUT2D eigenvalue weighted by Gasteiger charge is -2.25. The first-order chi connectivity index (χ1) is 12.7. The summed E-state index contributed by atoms with van der Waals surface area (Å²) >= 11 is 0. The molecule has 2 aromatic rings. The highest BCUT2D eigenvalue weighted by Gasteiger charge is 2.31. The van der Waals surface area contributed by atoms with E-state index in [9.17, 15) is 9.59 Å². The van der Waals surface area contributed by atoms with Gasteiger partial charge in [0.1, 0.15) is 11.4 Å². The molecule has 2 aliphatic rings. The van der Waals surface area contributed by atoms with Crippen molar-refractivity contribution in [2.45, 2.75) is 38.8 Å². The summed E-state index contributed by atoms with van der Waals surface area (Å²) in [5.74, 6) is 0.326. The number of para-hydroxylation sites is 1. The zero-order valence-corrected chi connectivity index (χ0v) is 14.7. The monoisotopic (exact) mass is 355 g/mol. The van der Waals surface area contributed by atoms with E-state index < -0.39 is 0 Å². The van der Waals surface area contributed by atoms with Crippen molar-refractivity contribution in [3.05, 3.63) is 46.4 Å². The van der Waals surface area contributed by atoms with Crippen LogP contribution in [-0.4, -0.2) is 28.8 Å². The first-order valence-corrected chi connectivity index (χ1v) is 9.03. The third-order valence-corrected chi connectivity index (χ3v) is 4.68. The molecule has 26 heavy (non-hydrogen) atoms. The van der Waals surface area contributed by atoms with E-state index in [2.05, 4.69) is 5.10 Å². The molecule has 2 aliphatic heterocycles. The minimum absolute atomic E-state index is 0.126. The molecule has 1 amide bonds. The van der Waals surface area contributed by atoms with E-state index in [0.717, 1.165) is 25.7 Å². The second-order valence-corrected chi connectivity index (χ2v) is 6.48. The highest BCUT2D eigenvalue weighted by atomic mass is 16.5. The van der Waals surface area contributed by atoms with Crippen LogP contribution in [0.15, 0.2) is 35.3 Å². The van der Waals surface area contributed by atoms with Crippen LogP contribution in [0.5, 0.6) is 11.5 Å². The molecule has 7 nitrogen and oxygen atoms in total. The van der Waals surface area contributed by atoms with Crippen molar-refractivity contribution in [3.8, 4) is 11.5 Å². The van der Waals surface area contributed by atoms with Gasteiger partial charge in [-0.15, -0.1) is 0 Å². The first kappa shape index (κ1) is 16.8. The zero-order chi connectivity index (χ0) is 18.1. The molecule has 1 aromatic heterocycles. The van der Waals surface area contributed by atoms with E-state index in [-0.39, 0.29) is 23.4 Å². The van der Waals surface area contributed by atoms with Crippen molar-refractivity contribution in [2.24, 2.45) is 0 Å². The van der Waals surface area contributed by atoms with Crippen LogP contribution in [0.4, 0.5) is 5.69 Å². The van der Waals surface area contributed by atoms with Crippen LogP contribution in [0.2, 0.25) is 0 Å². The van der Waals surface area contributed by atoms with Crippen molar-refractivity contribution < 1.29 is 14.3 Å². The fraction of sp³-hybridized carbons (Fsp3) is 0.421. The largest absolute Gasteiger partial charge is 0.448 e. The van der Waals surface area contributed by atoms with Gasteiger partial charge in [0.25, 0.3) is 5.91 Å². The molecule has 0 aliphatic carbocycles. The minimum atomic E-state index is -0.390. The number of carbonyl (C=O) groups excluding carboxylic acids is 1. The summed E-state index contributed by atoms with van der Waals surface area (Å²) in [7, 11) is 0. The second-order valence-electron chi connectivity index (χ2n) is 6.48. The van der Waals surface area contributed by atoms with Crippen LogP contribution >= 0.6 is 0 Å². The van der Waals surface area contributed by atoms with E-state index in [1.165, 1.54) is 10.9 Å². The van der Waals surface area contributed by atoms with Crippen molar-refractivity contribution in [1.29, 1.82) is 0 Å². The Kier molecular flexibility index (Phi) is 4.46. The van der Waals surface area contributed by atoms with Crippen LogP contribution in [0, 0.1) is 0 Å². The topological polar surface area (TPSA) is 73.7 Å². The van der Waals surface area contributed by atoms with Crippen LogP contribution in [0.25, 0.3) is 0 Å². The highest BCUT2D eigenvalue weighted by Crippen LogP contribution is 2.36. The van der Waals surface area contributed by atoms with Gasteiger partial charge in [0.2, 0.25) is 5.75 Å². The smallest absolute Gasteiger partial charge is 0.314 e. The van der Waals surface area contributed by atoms with Gasteiger partial charge >= 0.3 is 5.56 Å². The summed E-state index contributed by atoms with van der Waals surface area (Å²) in [6.07, 6.45) is 4.61. The summed E-state index contributed by atoms with van der Waals surface area (Å²) in [6.45, 7) is 3.07. The molecular weight excluding hydrogens is 334 g/mol. The van der Waals surface area contributed by atoms with E-state index in [1.54, 1.807) is 29.2 Å². The molecule has 136 valence electrons. The van der Waals surface area contributed by atoms with Crippen LogP contribution < -0.4 is 15.2 Å². The Morgan fingerprint density at radius 3 is 2.85 bits per heavy atom. The number of fused-ring (bicyclic) bond motifs is 2. The molecule has 0 spiro atoms. The number of ether oxygens (including phenoxy) is 2. The maximum absolute atomic E-state index is 13.1. The predicted octanol–water partition coefficient (Wildman–Crippen LogP) is 3.10. The average Bonchev–Trinajstić information content (AvgIpc) is 2.79. The van der Waals surface area contributed by atoms with Crippen molar-refractivity contribution in [2.75, 3.05) is 18.1 Å². The lowest BCUT2D eigenvalue weighted by atomic mass is 10.1. The molecule has 0 N–H and O–H groups in total. The number of amides is 1. The molecule has 4 rings (SSSR count). The summed E-state index contributed by atoms with van der Waals surface area (Å²) < 4.78 is 13.0. The molecule has 1 fully saturated rings. The molecule has 0 bridgehead atoms. The Bertz CT molecular complexity index is 887. The molecule has 7 heteroatoms. The second kappa shape index (κ2) is 6.92. The number of aromatic nitrogens is 2. The predicted molar refractivity (Wildman–Crippen MR) is 95.8 cm³/mol. The maximum Gasteiger partial charge on any atom is 0.314 e. The van der Waals surface area contributed by atoms with Gasteiger partial charge in [-0.3, -0.25) is 9.59 Å². The van der Waals surface area contributed by atoms with Crippen molar-refractivity contribution >= 4 is 11.6 Å². The average molecular weight is 355 g/mol. The fourth-order valence-corrected chi connectivity index (χ4v) is 3.39. The van der Waals surface area contributed by atoms with Gasteiger partial charge in [0.15, 0.2) is 6.23 Å². The molecular formula is C19H21N3O4. The van der Waals surface area contributed by atoms with Gasteiger partial charge < -0.3 is 14.4 Å². The normalized spacial score (nSPS) is 19.3. The Labute approximate surface area is 151 Å². The number of carbonyl (C=O) groups is 1. The van der Waals surface area contributed by atoms with Crippen LogP contribution in [-0.2, 0) is 4.74 Å². The number of rotatable bonds is 3. The van der Waals surface area contributed by atoms with Gasteiger partial charge in [0, 0.05) is 13.2 Å². The van der Waals surface area contributed by atoms with Gasteiger partial charge in [-0.1, -0.05) is 19.1 Å². The number of hydrogen-bond donors (Lipinski definition) is 0. The highest BCUT2D eigenvalue weighted by molar-refractivity contribution is 6.09. The lowest BCUT2D eigenvalue weighted by molar-refractivity contribution is -0.0427. The number of hydrogen-bond acceptors (Lipinski definition) is 5. The Morgan fingerprint density at radius 1 is 1.23 bits per heavy atom. The van der Waals surface area contributed by atoms with Gasteiger partial charge in [-0.05, 0) is 37.8 Å². The Morgan fingerprint density at radius 2 is 2.08 bits per heavy atom. The fourth-order valence-electron chi connectivity index (χ4n) is 3.39. The zero-order valence-electron chi connectivity index (χ0n) is 14.7. The van der Waals surface area contributed by atoms with E-state index in [4.69, 9.17) is 9.47 Å². The van der Waals surface area contributed by atoms with Crippen molar-refractivity contribution in [3.63, 3.8) is 0 Å². The minimum Gasteiger partial charge on any atom is -0.448 e. The summed E-state index contributed by atoms with van der Waals surface area (Å²) in [5, 5.41) is 4.29. The van der Waals surface area contributed by atoms with Crippen LogP contribution in [0.3, 0.4) is 0 Å². The molecule has 1 unspecified atom stereocenters. The quantitative estimate of drug-likeness (QED) is 0.846. The molecule has 0 radical (unpaired) electrons. The first-order valence-electron chi connectivity index (χ1n) is 9.03. The molecule has 1 saturated heterocycles. The van der Waals surface area contributed by atoms with Crippen LogP contribution in [0.1, 0.15) is 49.2 Å². The van der Waals surface area contributed by atoms with Gasteiger partial charge in [-0.25, -0.2) is 0 Å².